The van der Waals surface area contributed by atoms with Crippen molar-refractivity contribution in [1.82, 2.24) is 14.9 Å². The fourth-order valence-electron chi connectivity index (χ4n) is 3.83. The molecule has 29 heavy (non-hydrogen) atoms. The lowest BCUT2D eigenvalue weighted by Gasteiger charge is -2.35. The molecule has 0 aromatic carbocycles. The van der Waals surface area contributed by atoms with E-state index in [-0.39, 0.29) is 5.92 Å². The monoisotopic (exact) mass is 400 g/mol. The largest absolute Gasteiger partial charge is 0.382 e. The van der Waals surface area contributed by atoms with Gasteiger partial charge in [0.25, 0.3) is 0 Å². The summed E-state index contributed by atoms with van der Waals surface area (Å²) in [7, 11) is 1.64. The Labute approximate surface area is 172 Å². The molecule has 2 unspecified atom stereocenters. The Bertz CT molecular complexity index is 759. The van der Waals surface area contributed by atoms with Gasteiger partial charge < -0.3 is 30.1 Å². The summed E-state index contributed by atoms with van der Waals surface area (Å²) in [6, 6.07) is 1.89. The molecule has 1 aromatic heterocycles. The number of likely N-dealkylation sites (N-methyl/N-ethyl adjacent to an activating group) is 1. The Morgan fingerprint density at radius 3 is 2.69 bits per heavy atom. The van der Waals surface area contributed by atoms with Gasteiger partial charge in [-0.15, -0.1) is 0 Å². The van der Waals surface area contributed by atoms with Gasteiger partial charge in [0.05, 0.1) is 30.2 Å². The molecule has 0 radical (unpaired) electrons. The summed E-state index contributed by atoms with van der Waals surface area (Å²) >= 11 is 0. The molecule has 8 heteroatoms. The molecule has 0 amide bonds. The molecule has 3 rings (SSSR count). The number of piperazine rings is 1. The van der Waals surface area contributed by atoms with E-state index in [9.17, 15) is 0 Å². The molecule has 1 fully saturated rings. The van der Waals surface area contributed by atoms with Gasteiger partial charge in [0.15, 0.2) is 0 Å². The minimum absolute atomic E-state index is 0.344. The third-order valence-corrected chi connectivity index (χ3v) is 5.74. The second-order valence-electron chi connectivity index (χ2n) is 7.80. The van der Waals surface area contributed by atoms with E-state index >= 15 is 0 Å². The molecule has 158 valence electrons. The van der Waals surface area contributed by atoms with Crippen LogP contribution in [0.25, 0.3) is 0 Å². The number of hydrogen-bond donors (Lipinski definition) is 2. The molecule has 2 heterocycles. The van der Waals surface area contributed by atoms with E-state index < -0.39 is 5.60 Å². The molecule has 0 spiro atoms. The third-order valence-electron chi connectivity index (χ3n) is 5.74. The Morgan fingerprint density at radius 2 is 2.00 bits per heavy atom. The van der Waals surface area contributed by atoms with Crippen LogP contribution >= 0.6 is 0 Å². The second kappa shape index (κ2) is 9.56. The normalized spacial score (nSPS) is 25.4. The fourth-order valence-corrected chi connectivity index (χ4v) is 3.83. The zero-order valence-corrected chi connectivity index (χ0v) is 17.6. The third kappa shape index (κ3) is 5.26. The van der Waals surface area contributed by atoms with Crippen molar-refractivity contribution >= 4 is 17.2 Å². The van der Waals surface area contributed by atoms with Crippen molar-refractivity contribution in [2.45, 2.75) is 25.9 Å². The highest BCUT2D eigenvalue weighted by atomic mass is 16.5. The predicted molar refractivity (Wildman–Crippen MR) is 114 cm³/mol. The Hall–Kier alpha value is -2.16. The summed E-state index contributed by atoms with van der Waals surface area (Å²) in [6.07, 6.45) is 5.73. The van der Waals surface area contributed by atoms with Gasteiger partial charge in [-0.3, -0.25) is 0 Å². The number of methoxy groups -OCH3 is 1. The number of allylic oxidation sites excluding steroid dienone is 1. The van der Waals surface area contributed by atoms with Crippen molar-refractivity contribution < 1.29 is 9.47 Å². The molecular weight excluding hydrogens is 368 g/mol. The molecule has 0 bridgehead atoms. The van der Waals surface area contributed by atoms with Crippen LogP contribution in [-0.4, -0.2) is 84.9 Å². The minimum Gasteiger partial charge on any atom is -0.382 e. The Kier molecular flexibility index (Phi) is 7.10. The maximum Gasteiger partial charge on any atom is 0.132 e. The average Bonchev–Trinajstić information content (AvgIpc) is 2.75. The van der Waals surface area contributed by atoms with Crippen LogP contribution in [0.15, 0.2) is 24.5 Å². The van der Waals surface area contributed by atoms with E-state index in [4.69, 9.17) is 20.3 Å². The number of hydrogen-bond acceptors (Lipinski definition) is 8. The van der Waals surface area contributed by atoms with E-state index in [0.29, 0.717) is 36.8 Å². The molecule has 2 aliphatic rings. The van der Waals surface area contributed by atoms with Gasteiger partial charge in [0, 0.05) is 51.0 Å². The molecule has 1 aliphatic carbocycles. The maximum atomic E-state index is 8.74. The molecule has 1 aliphatic heterocycles. The fraction of sp³-hybridized carbons (Fsp3) is 0.619. The lowest BCUT2D eigenvalue weighted by molar-refractivity contribution is -0.0277. The van der Waals surface area contributed by atoms with Crippen molar-refractivity contribution in [3.05, 3.63) is 30.2 Å². The predicted octanol–water partition coefficient (Wildman–Crippen LogP) is 2.00. The Morgan fingerprint density at radius 1 is 1.24 bits per heavy atom. The van der Waals surface area contributed by atoms with Crippen LogP contribution in [0.3, 0.4) is 0 Å². The molecule has 1 aromatic rings. The van der Waals surface area contributed by atoms with Crippen LogP contribution < -0.4 is 4.90 Å². The smallest absolute Gasteiger partial charge is 0.132 e. The highest BCUT2D eigenvalue weighted by Gasteiger charge is 2.35. The SMILES string of the molecule is CCN1CCN(c2cc(C(=N)C3CC(C)(OCCOC)C=CC3=N)ncn2)CC1. The number of nitrogens with zero attached hydrogens (tertiary/aromatic N) is 4. The van der Waals surface area contributed by atoms with Crippen LogP contribution in [0.4, 0.5) is 5.82 Å². The quantitative estimate of drug-likeness (QED) is 0.512. The van der Waals surface area contributed by atoms with Gasteiger partial charge in [-0.25, -0.2) is 9.97 Å². The average molecular weight is 401 g/mol. The summed E-state index contributed by atoms with van der Waals surface area (Å²) in [5, 5.41) is 17.1. The molecule has 0 saturated carbocycles. The van der Waals surface area contributed by atoms with Crippen LogP contribution in [-0.2, 0) is 9.47 Å². The van der Waals surface area contributed by atoms with Crippen LogP contribution in [0.2, 0.25) is 0 Å². The van der Waals surface area contributed by atoms with Gasteiger partial charge >= 0.3 is 0 Å². The summed E-state index contributed by atoms with van der Waals surface area (Å²) in [5.74, 6) is 0.500. The number of nitrogens with one attached hydrogen (secondary N) is 2. The lowest BCUT2D eigenvalue weighted by atomic mass is 9.79. The number of aromatic nitrogens is 2. The lowest BCUT2D eigenvalue weighted by Crippen LogP contribution is -2.46. The van der Waals surface area contributed by atoms with E-state index in [2.05, 4.69) is 26.7 Å². The van der Waals surface area contributed by atoms with E-state index in [1.54, 1.807) is 13.2 Å². The first-order valence-corrected chi connectivity index (χ1v) is 10.2. The van der Waals surface area contributed by atoms with Crippen molar-refractivity contribution in [2.24, 2.45) is 5.92 Å². The first-order valence-electron chi connectivity index (χ1n) is 10.2. The summed E-state index contributed by atoms with van der Waals surface area (Å²) in [4.78, 5) is 13.4. The van der Waals surface area contributed by atoms with Crippen molar-refractivity contribution in [2.75, 3.05) is 57.9 Å². The standard InChI is InChI=1S/C21H32N6O2/c1-4-26-7-9-27(10-8-26)19-13-18(24-15-25-19)20(23)16-14-21(2,6-5-17(16)22)29-12-11-28-3/h5-6,13,15-16,22-23H,4,7-12,14H2,1-3H3. The molecular formula is C21H32N6O2. The van der Waals surface area contributed by atoms with Crippen molar-refractivity contribution in [1.29, 1.82) is 10.8 Å². The highest BCUT2D eigenvalue weighted by molar-refractivity contribution is 6.16. The van der Waals surface area contributed by atoms with E-state index in [0.717, 1.165) is 38.5 Å². The van der Waals surface area contributed by atoms with Gasteiger partial charge in [-0.05, 0) is 26.0 Å². The number of ether oxygens (including phenoxy) is 2. The summed E-state index contributed by atoms with van der Waals surface area (Å²) in [5.41, 5.74) is 0.820. The summed E-state index contributed by atoms with van der Waals surface area (Å²) < 4.78 is 11.0. The molecule has 8 nitrogen and oxygen atoms in total. The maximum absolute atomic E-state index is 8.74. The van der Waals surface area contributed by atoms with E-state index in [1.807, 2.05) is 19.1 Å². The zero-order valence-electron chi connectivity index (χ0n) is 17.6. The minimum atomic E-state index is -0.521. The summed E-state index contributed by atoms with van der Waals surface area (Å²) in [6.45, 7) is 10.1. The Balaban J connectivity index is 1.71. The van der Waals surface area contributed by atoms with Crippen LogP contribution in [0.1, 0.15) is 26.0 Å². The van der Waals surface area contributed by atoms with Crippen molar-refractivity contribution in [3.8, 4) is 0 Å². The van der Waals surface area contributed by atoms with Crippen molar-refractivity contribution in [3.63, 3.8) is 0 Å². The molecule has 2 atom stereocenters. The zero-order chi connectivity index (χ0) is 20.9. The van der Waals surface area contributed by atoms with Crippen LogP contribution in [0, 0.1) is 16.7 Å². The first-order chi connectivity index (χ1) is 14.0. The number of rotatable bonds is 8. The highest BCUT2D eigenvalue weighted by Crippen LogP contribution is 2.30. The topological polar surface area (TPSA) is 98.4 Å². The molecule has 1 saturated heterocycles. The number of anilines is 1. The van der Waals surface area contributed by atoms with Gasteiger partial charge in [-0.1, -0.05) is 13.0 Å². The van der Waals surface area contributed by atoms with Gasteiger partial charge in [-0.2, -0.15) is 0 Å². The first kappa shape index (κ1) is 21.5. The van der Waals surface area contributed by atoms with Gasteiger partial charge in [0.1, 0.15) is 12.1 Å². The van der Waals surface area contributed by atoms with Gasteiger partial charge in [0.2, 0.25) is 0 Å². The molecule has 2 N–H and O–H groups in total. The van der Waals surface area contributed by atoms with Crippen LogP contribution in [0.5, 0.6) is 0 Å². The van der Waals surface area contributed by atoms with E-state index in [1.165, 1.54) is 6.33 Å². The second-order valence-corrected chi connectivity index (χ2v) is 7.80.